The van der Waals surface area contributed by atoms with E-state index in [-0.39, 0.29) is 18.3 Å². The lowest BCUT2D eigenvalue weighted by atomic mass is 9.82. The number of nitrogens with two attached hydrogens (primary N) is 1. The van der Waals surface area contributed by atoms with Crippen LogP contribution in [0.5, 0.6) is 0 Å². The van der Waals surface area contributed by atoms with Crippen molar-refractivity contribution in [2.45, 2.75) is 18.9 Å². The van der Waals surface area contributed by atoms with Crippen LogP contribution in [0.1, 0.15) is 12.8 Å². The molecule has 0 aromatic heterocycles. The molecule has 1 aliphatic rings. The van der Waals surface area contributed by atoms with E-state index in [1.807, 2.05) is 0 Å². The maximum Gasteiger partial charge on any atom is 0.0657 e. The van der Waals surface area contributed by atoms with Gasteiger partial charge in [0.2, 0.25) is 0 Å². The van der Waals surface area contributed by atoms with Crippen molar-refractivity contribution >= 4 is 12.4 Å². The van der Waals surface area contributed by atoms with E-state index in [2.05, 4.69) is 6.07 Å². The lowest BCUT2D eigenvalue weighted by molar-refractivity contribution is 0.332. The van der Waals surface area contributed by atoms with Crippen molar-refractivity contribution in [1.82, 2.24) is 0 Å². The molecule has 0 aliphatic heterocycles. The quantitative estimate of drug-likeness (QED) is 0.527. The Balaban J connectivity index is 0.000000490. The summed E-state index contributed by atoms with van der Waals surface area (Å²) in [6, 6.07) is 2.48. The smallest absolute Gasteiger partial charge is 0.0657 e. The minimum absolute atomic E-state index is 0. The third-order valence-electron chi connectivity index (χ3n) is 1.36. The summed E-state index contributed by atoms with van der Waals surface area (Å²) in [4.78, 5) is 0. The molecule has 1 fully saturated rings. The molecule has 3 heteroatoms. The van der Waals surface area contributed by atoms with Gasteiger partial charge in [-0.3, -0.25) is 0 Å². The van der Waals surface area contributed by atoms with Gasteiger partial charge in [-0.2, -0.15) is 5.26 Å². The average Bonchev–Trinajstić information content (AvgIpc) is 1.58. The Labute approximate surface area is 55.1 Å². The molecule has 0 amide bonds. The number of nitriles is 1. The second kappa shape index (κ2) is 2.91. The maximum absolute atomic E-state index is 8.20. The molecule has 0 unspecified atom stereocenters. The fraction of sp³-hybridized carbons (Fsp3) is 0.800. The molecular weight excluding hydrogens is 124 g/mol. The fourth-order valence-electron chi connectivity index (χ4n) is 0.767. The Kier molecular flexibility index (Phi) is 2.81. The molecular formula is C5H9ClN2. The highest BCUT2D eigenvalue weighted by Crippen LogP contribution is 2.23. The fourth-order valence-corrected chi connectivity index (χ4v) is 0.767. The van der Waals surface area contributed by atoms with Gasteiger partial charge in [-0.25, -0.2) is 0 Å². The van der Waals surface area contributed by atoms with Crippen LogP contribution in [0.15, 0.2) is 0 Å². The van der Waals surface area contributed by atoms with Crippen LogP contribution in [0, 0.1) is 17.2 Å². The minimum Gasteiger partial charge on any atom is -0.328 e. The van der Waals surface area contributed by atoms with Crippen LogP contribution in [0.3, 0.4) is 0 Å². The second-order valence-electron chi connectivity index (χ2n) is 2.06. The molecule has 1 aliphatic carbocycles. The lowest BCUT2D eigenvalue weighted by Crippen LogP contribution is -2.35. The molecule has 0 radical (unpaired) electrons. The Morgan fingerprint density at radius 1 is 1.50 bits per heavy atom. The highest BCUT2D eigenvalue weighted by molar-refractivity contribution is 5.85. The summed E-state index contributed by atoms with van der Waals surface area (Å²) in [6.07, 6.45) is 1.83. The van der Waals surface area contributed by atoms with Gasteiger partial charge in [0, 0.05) is 12.0 Å². The van der Waals surface area contributed by atoms with E-state index >= 15 is 0 Å². The summed E-state index contributed by atoms with van der Waals surface area (Å²) in [5, 5.41) is 8.20. The first-order valence-electron chi connectivity index (χ1n) is 2.48. The van der Waals surface area contributed by atoms with E-state index in [0.29, 0.717) is 6.04 Å². The van der Waals surface area contributed by atoms with Gasteiger partial charge in [0.1, 0.15) is 0 Å². The molecule has 0 aromatic carbocycles. The predicted octanol–water partition coefficient (Wildman–Crippen LogP) is 0.669. The van der Waals surface area contributed by atoms with E-state index in [4.69, 9.17) is 11.0 Å². The van der Waals surface area contributed by atoms with Crippen LogP contribution in [0.25, 0.3) is 0 Å². The van der Waals surface area contributed by atoms with Crippen molar-refractivity contribution in [1.29, 1.82) is 5.26 Å². The van der Waals surface area contributed by atoms with Crippen LogP contribution >= 0.6 is 12.4 Å². The Hall–Kier alpha value is -0.260. The van der Waals surface area contributed by atoms with E-state index < -0.39 is 0 Å². The molecule has 46 valence electrons. The zero-order chi connectivity index (χ0) is 5.28. The Bertz CT molecular complexity index is 101. The summed E-state index contributed by atoms with van der Waals surface area (Å²) in [5.41, 5.74) is 5.39. The van der Waals surface area contributed by atoms with Gasteiger partial charge in [-0.1, -0.05) is 0 Å². The monoisotopic (exact) mass is 132 g/mol. The third-order valence-corrected chi connectivity index (χ3v) is 1.36. The van der Waals surface area contributed by atoms with Crippen molar-refractivity contribution in [3.05, 3.63) is 0 Å². The van der Waals surface area contributed by atoms with Gasteiger partial charge in [-0.05, 0) is 12.8 Å². The summed E-state index contributed by atoms with van der Waals surface area (Å²) in [7, 11) is 0. The first kappa shape index (κ1) is 7.74. The van der Waals surface area contributed by atoms with Crippen molar-refractivity contribution in [2.75, 3.05) is 0 Å². The number of halogens is 1. The normalized spacial score (nSPS) is 34.0. The average molecular weight is 133 g/mol. The molecule has 0 bridgehead atoms. The van der Waals surface area contributed by atoms with Crippen molar-refractivity contribution in [2.24, 2.45) is 11.7 Å². The lowest BCUT2D eigenvalue weighted by Gasteiger charge is -2.25. The van der Waals surface area contributed by atoms with Crippen LogP contribution in [0.2, 0.25) is 0 Å². The SMILES string of the molecule is Cl.N#C[C@H]1C[C@@H](N)C1. The van der Waals surface area contributed by atoms with Crippen LogP contribution in [0.4, 0.5) is 0 Å². The molecule has 2 N–H and O–H groups in total. The van der Waals surface area contributed by atoms with E-state index in [9.17, 15) is 0 Å². The van der Waals surface area contributed by atoms with Crippen LogP contribution in [-0.2, 0) is 0 Å². The van der Waals surface area contributed by atoms with Crippen molar-refractivity contribution in [3.8, 4) is 6.07 Å². The topological polar surface area (TPSA) is 49.8 Å². The molecule has 0 aromatic rings. The van der Waals surface area contributed by atoms with E-state index in [0.717, 1.165) is 12.8 Å². The molecule has 0 atom stereocenters. The van der Waals surface area contributed by atoms with Gasteiger partial charge in [-0.15, -0.1) is 12.4 Å². The van der Waals surface area contributed by atoms with Gasteiger partial charge < -0.3 is 5.73 Å². The number of hydrogen-bond acceptors (Lipinski definition) is 2. The van der Waals surface area contributed by atoms with Gasteiger partial charge in [0.05, 0.1) is 6.07 Å². The van der Waals surface area contributed by atoms with Gasteiger partial charge in [0.25, 0.3) is 0 Å². The van der Waals surface area contributed by atoms with Gasteiger partial charge in [0.15, 0.2) is 0 Å². The molecule has 1 saturated carbocycles. The molecule has 0 spiro atoms. The number of rotatable bonds is 0. The number of hydrogen-bond donors (Lipinski definition) is 1. The zero-order valence-electron chi connectivity index (χ0n) is 4.50. The van der Waals surface area contributed by atoms with Crippen molar-refractivity contribution < 1.29 is 0 Å². The summed E-state index contributed by atoms with van der Waals surface area (Å²) in [5.74, 6) is 0.273. The Morgan fingerprint density at radius 3 is 2.12 bits per heavy atom. The molecule has 8 heavy (non-hydrogen) atoms. The third kappa shape index (κ3) is 1.36. The summed E-state index contributed by atoms with van der Waals surface area (Å²) >= 11 is 0. The van der Waals surface area contributed by atoms with E-state index in [1.165, 1.54) is 0 Å². The Morgan fingerprint density at radius 2 is 2.00 bits per heavy atom. The zero-order valence-corrected chi connectivity index (χ0v) is 5.32. The first-order chi connectivity index (χ1) is 3.33. The summed E-state index contributed by atoms with van der Waals surface area (Å²) < 4.78 is 0. The highest BCUT2D eigenvalue weighted by Gasteiger charge is 2.24. The first-order valence-corrected chi connectivity index (χ1v) is 2.48. The predicted molar refractivity (Wildman–Crippen MR) is 33.6 cm³/mol. The standard InChI is InChI=1S/C5H8N2.ClH/c6-3-4-1-5(7)2-4;/h4-5H,1-2,7H2;1H/t4-,5+;. The highest BCUT2D eigenvalue weighted by atomic mass is 35.5. The molecule has 1 rings (SSSR count). The largest absolute Gasteiger partial charge is 0.328 e. The van der Waals surface area contributed by atoms with Crippen molar-refractivity contribution in [3.63, 3.8) is 0 Å². The van der Waals surface area contributed by atoms with Crippen LogP contribution in [-0.4, -0.2) is 6.04 Å². The van der Waals surface area contributed by atoms with Crippen LogP contribution < -0.4 is 5.73 Å². The van der Waals surface area contributed by atoms with E-state index in [1.54, 1.807) is 0 Å². The number of nitrogens with zero attached hydrogens (tertiary/aromatic N) is 1. The second-order valence-corrected chi connectivity index (χ2v) is 2.06. The molecule has 2 nitrogen and oxygen atoms in total. The summed E-state index contributed by atoms with van der Waals surface area (Å²) in [6.45, 7) is 0. The minimum atomic E-state index is 0. The molecule has 0 saturated heterocycles. The van der Waals surface area contributed by atoms with Gasteiger partial charge >= 0.3 is 0 Å². The maximum atomic E-state index is 8.20. The molecule has 0 heterocycles.